The van der Waals surface area contributed by atoms with Crippen LogP contribution in [0.5, 0.6) is 0 Å². The fourth-order valence-corrected chi connectivity index (χ4v) is 1.47. The minimum Gasteiger partial charge on any atom is -0.479 e. The van der Waals surface area contributed by atoms with Gasteiger partial charge in [-0.1, -0.05) is 29.3 Å². The number of carboxylic acid groups (broad SMARTS) is 1. The van der Waals surface area contributed by atoms with E-state index in [0.29, 0.717) is 10.0 Å². The lowest BCUT2D eigenvalue weighted by molar-refractivity contribution is -0.148. The van der Waals surface area contributed by atoms with Gasteiger partial charge in [0.2, 0.25) is 0 Å². The summed E-state index contributed by atoms with van der Waals surface area (Å²) in [6.07, 6.45) is -0.592. The molecule has 0 fully saturated rings. The first kappa shape index (κ1) is 12.3. The lowest BCUT2D eigenvalue weighted by Crippen LogP contribution is -2.24. The van der Waals surface area contributed by atoms with E-state index in [0.717, 1.165) is 5.56 Å². The normalized spacial score (nSPS) is 12.5. The number of benzene rings is 1. The van der Waals surface area contributed by atoms with Crippen LogP contribution in [0.25, 0.3) is 0 Å². The second-order valence-corrected chi connectivity index (χ2v) is 3.83. The molecule has 0 saturated heterocycles. The molecule has 0 spiro atoms. The standard InChI is InChI=1S/C10H10Cl2O3/c1-15-9(10(13)14)5-6-2-3-7(11)8(12)4-6/h2-4,9H,5H2,1H3,(H,13,14)/t9-/m1/s1. The second kappa shape index (κ2) is 5.35. The molecule has 1 atom stereocenters. The van der Waals surface area contributed by atoms with E-state index in [4.69, 9.17) is 33.0 Å². The molecule has 82 valence electrons. The van der Waals surface area contributed by atoms with Crippen LogP contribution in [0.1, 0.15) is 5.56 Å². The van der Waals surface area contributed by atoms with Crippen LogP contribution >= 0.6 is 23.2 Å². The number of halogens is 2. The number of aliphatic carboxylic acids is 1. The van der Waals surface area contributed by atoms with Crippen LogP contribution in [0.4, 0.5) is 0 Å². The molecule has 1 rings (SSSR count). The summed E-state index contributed by atoms with van der Waals surface area (Å²) in [5, 5.41) is 9.63. The third kappa shape index (κ3) is 3.38. The number of methoxy groups -OCH3 is 1. The zero-order chi connectivity index (χ0) is 11.4. The summed E-state index contributed by atoms with van der Waals surface area (Å²) in [5.41, 5.74) is 0.777. The summed E-state index contributed by atoms with van der Waals surface area (Å²) in [4.78, 5) is 10.7. The van der Waals surface area contributed by atoms with Crippen LogP contribution in [-0.2, 0) is 16.0 Å². The molecule has 0 amide bonds. The minimum atomic E-state index is -0.997. The highest BCUT2D eigenvalue weighted by Crippen LogP contribution is 2.23. The van der Waals surface area contributed by atoms with Crippen LogP contribution in [0.15, 0.2) is 18.2 Å². The van der Waals surface area contributed by atoms with E-state index in [1.165, 1.54) is 7.11 Å². The summed E-state index contributed by atoms with van der Waals surface area (Å²) in [7, 11) is 1.36. The summed E-state index contributed by atoms with van der Waals surface area (Å²) >= 11 is 11.5. The molecule has 1 aromatic rings. The third-order valence-electron chi connectivity index (χ3n) is 1.97. The Morgan fingerprint density at radius 1 is 1.47 bits per heavy atom. The molecular formula is C10H10Cl2O3. The van der Waals surface area contributed by atoms with Gasteiger partial charge in [0.1, 0.15) is 0 Å². The van der Waals surface area contributed by atoms with E-state index < -0.39 is 12.1 Å². The largest absolute Gasteiger partial charge is 0.479 e. The Hall–Kier alpha value is -0.770. The average Bonchev–Trinajstić information content (AvgIpc) is 2.19. The molecule has 0 aliphatic rings. The maximum absolute atomic E-state index is 10.7. The van der Waals surface area contributed by atoms with Gasteiger partial charge >= 0.3 is 5.97 Å². The van der Waals surface area contributed by atoms with Gasteiger partial charge in [-0.15, -0.1) is 0 Å². The van der Waals surface area contributed by atoms with Gasteiger partial charge in [-0.2, -0.15) is 0 Å². The molecule has 0 unspecified atom stereocenters. The average molecular weight is 249 g/mol. The quantitative estimate of drug-likeness (QED) is 0.892. The van der Waals surface area contributed by atoms with Crippen molar-refractivity contribution in [1.29, 1.82) is 0 Å². The van der Waals surface area contributed by atoms with Gasteiger partial charge in [0, 0.05) is 13.5 Å². The Morgan fingerprint density at radius 2 is 2.13 bits per heavy atom. The van der Waals surface area contributed by atoms with Crippen molar-refractivity contribution in [2.75, 3.05) is 7.11 Å². The number of hydrogen-bond acceptors (Lipinski definition) is 2. The van der Waals surface area contributed by atoms with E-state index >= 15 is 0 Å². The van der Waals surface area contributed by atoms with Crippen LogP contribution in [-0.4, -0.2) is 24.3 Å². The van der Waals surface area contributed by atoms with Crippen LogP contribution in [0.3, 0.4) is 0 Å². The van der Waals surface area contributed by atoms with Crippen molar-refractivity contribution < 1.29 is 14.6 Å². The number of rotatable bonds is 4. The molecule has 3 nitrogen and oxygen atoms in total. The predicted molar refractivity (Wildman–Crippen MR) is 58.6 cm³/mol. The molecular weight excluding hydrogens is 239 g/mol. The fourth-order valence-electron chi connectivity index (χ4n) is 1.15. The Balaban J connectivity index is 2.80. The molecule has 15 heavy (non-hydrogen) atoms. The zero-order valence-electron chi connectivity index (χ0n) is 8.04. The molecule has 0 aliphatic heterocycles. The summed E-state index contributed by atoms with van der Waals surface area (Å²) < 4.78 is 4.81. The van der Waals surface area contributed by atoms with Crippen LogP contribution in [0, 0.1) is 0 Å². The van der Waals surface area contributed by atoms with E-state index in [1.54, 1.807) is 18.2 Å². The summed E-state index contributed by atoms with van der Waals surface area (Å²) in [5.74, 6) is -0.997. The second-order valence-electron chi connectivity index (χ2n) is 3.02. The maximum Gasteiger partial charge on any atom is 0.333 e. The highest BCUT2D eigenvalue weighted by Gasteiger charge is 2.17. The molecule has 0 aliphatic carbocycles. The maximum atomic E-state index is 10.7. The molecule has 0 aromatic heterocycles. The topological polar surface area (TPSA) is 46.5 Å². The Bertz CT molecular complexity index is 366. The van der Waals surface area contributed by atoms with E-state index in [2.05, 4.69) is 0 Å². The third-order valence-corrected chi connectivity index (χ3v) is 2.70. The molecule has 0 bridgehead atoms. The van der Waals surface area contributed by atoms with Gasteiger partial charge in [0.25, 0.3) is 0 Å². The van der Waals surface area contributed by atoms with Crippen molar-refractivity contribution >= 4 is 29.2 Å². The predicted octanol–water partition coefficient (Wildman–Crippen LogP) is 2.64. The number of carboxylic acids is 1. The van der Waals surface area contributed by atoms with Crippen molar-refractivity contribution in [3.05, 3.63) is 33.8 Å². The molecule has 0 radical (unpaired) electrons. The Morgan fingerprint density at radius 3 is 2.60 bits per heavy atom. The van der Waals surface area contributed by atoms with Gasteiger partial charge in [0.05, 0.1) is 10.0 Å². The van der Waals surface area contributed by atoms with Gasteiger partial charge < -0.3 is 9.84 Å². The van der Waals surface area contributed by atoms with Crippen molar-refractivity contribution in [3.8, 4) is 0 Å². The lowest BCUT2D eigenvalue weighted by Gasteiger charge is -2.10. The molecule has 0 heterocycles. The first-order valence-electron chi connectivity index (χ1n) is 4.24. The highest BCUT2D eigenvalue weighted by molar-refractivity contribution is 6.42. The first-order chi connectivity index (χ1) is 7.04. The van der Waals surface area contributed by atoms with E-state index in [-0.39, 0.29) is 6.42 Å². The molecule has 5 heteroatoms. The smallest absolute Gasteiger partial charge is 0.333 e. The first-order valence-corrected chi connectivity index (χ1v) is 4.99. The SMILES string of the molecule is CO[C@H](Cc1ccc(Cl)c(Cl)c1)C(=O)O. The van der Waals surface area contributed by atoms with Crippen molar-refractivity contribution in [3.63, 3.8) is 0 Å². The molecule has 1 N–H and O–H groups in total. The fraction of sp³-hybridized carbons (Fsp3) is 0.300. The number of hydrogen-bond donors (Lipinski definition) is 1. The minimum absolute atomic E-state index is 0.267. The van der Waals surface area contributed by atoms with Gasteiger partial charge in [0.15, 0.2) is 6.10 Å². The van der Waals surface area contributed by atoms with Gasteiger partial charge in [-0.3, -0.25) is 0 Å². The summed E-state index contributed by atoms with van der Waals surface area (Å²) in [6.45, 7) is 0. The van der Waals surface area contributed by atoms with Crippen molar-refractivity contribution in [1.82, 2.24) is 0 Å². The summed E-state index contributed by atoms with van der Waals surface area (Å²) in [6, 6.07) is 5.00. The Kier molecular flexibility index (Phi) is 4.39. The van der Waals surface area contributed by atoms with E-state index in [1.807, 2.05) is 0 Å². The van der Waals surface area contributed by atoms with Crippen LogP contribution < -0.4 is 0 Å². The highest BCUT2D eigenvalue weighted by atomic mass is 35.5. The number of ether oxygens (including phenoxy) is 1. The number of carbonyl (C=O) groups is 1. The van der Waals surface area contributed by atoms with Crippen molar-refractivity contribution in [2.24, 2.45) is 0 Å². The molecule has 0 saturated carbocycles. The monoisotopic (exact) mass is 248 g/mol. The van der Waals surface area contributed by atoms with Gasteiger partial charge in [-0.05, 0) is 17.7 Å². The van der Waals surface area contributed by atoms with E-state index in [9.17, 15) is 4.79 Å². The van der Waals surface area contributed by atoms with Crippen molar-refractivity contribution in [2.45, 2.75) is 12.5 Å². The van der Waals surface area contributed by atoms with Crippen LogP contribution in [0.2, 0.25) is 10.0 Å². The molecule has 1 aromatic carbocycles. The lowest BCUT2D eigenvalue weighted by atomic mass is 10.1. The van der Waals surface area contributed by atoms with Gasteiger partial charge in [-0.25, -0.2) is 4.79 Å². The zero-order valence-corrected chi connectivity index (χ0v) is 9.55. The Labute approximate surface area is 97.6 Å².